The molecule has 0 amide bonds. The van der Waals surface area contributed by atoms with Gasteiger partial charge in [0.05, 0.1) is 24.9 Å². The molecule has 0 radical (unpaired) electrons. The molecule has 2 aliphatic rings. The molecule has 0 saturated heterocycles. The molecule has 106 valence electrons. The molecule has 0 aromatic heterocycles. The fourth-order valence-electron chi connectivity index (χ4n) is 2.73. The van der Waals surface area contributed by atoms with Crippen molar-refractivity contribution >= 4 is 0 Å². The molecule has 2 fully saturated rings. The second kappa shape index (κ2) is 6.88. The Hall–Kier alpha value is -0.120. The van der Waals surface area contributed by atoms with Crippen LogP contribution in [0.2, 0.25) is 0 Å². The maximum absolute atomic E-state index is 6.21. The summed E-state index contributed by atoms with van der Waals surface area (Å²) < 4.78 is 11.8. The molecule has 3 heteroatoms. The highest BCUT2D eigenvalue weighted by molar-refractivity contribution is 4.91. The summed E-state index contributed by atoms with van der Waals surface area (Å²) in [6.07, 6.45) is 9.45. The lowest BCUT2D eigenvalue weighted by Crippen LogP contribution is -2.46. The Morgan fingerprint density at radius 3 is 2.44 bits per heavy atom. The second-order valence-corrected chi connectivity index (χ2v) is 6.17. The van der Waals surface area contributed by atoms with Crippen LogP contribution in [0.4, 0.5) is 0 Å². The van der Waals surface area contributed by atoms with Gasteiger partial charge in [-0.25, -0.2) is 0 Å². The van der Waals surface area contributed by atoms with Crippen molar-refractivity contribution in [2.24, 2.45) is 0 Å². The standard InChI is InChI=1S/C15H29NO2/c1-13(2)17-10-11-18-15(8-4-3-5-9-15)12-16-14-6-7-14/h13-14,16H,3-12H2,1-2H3. The molecular formula is C15H29NO2. The van der Waals surface area contributed by atoms with Crippen molar-refractivity contribution in [2.45, 2.75) is 76.5 Å². The molecule has 0 spiro atoms. The fourth-order valence-corrected chi connectivity index (χ4v) is 2.73. The van der Waals surface area contributed by atoms with Crippen molar-refractivity contribution in [1.82, 2.24) is 5.32 Å². The lowest BCUT2D eigenvalue weighted by molar-refractivity contribution is -0.0917. The molecule has 0 unspecified atom stereocenters. The Balaban J connectivity index is 1.71. The first-order valence-electron chi connectivity index (χ1n) is 7.69. The van der Waals surface area contributed by atoms with Crippen LogP contribution in [0.25, 0.3) is 0 Å². The van der Waals surface area contributed by atoms with Crippen molar-refractivity contribution in [2.75, 3.05) is 19.8 Å². The van der Waals surface area contributed by atoms with Gasteiger partial charge < -0.3 is 14.8 Å². The number of rotatable bonds is 8. The molecule has 0 heterocycles. The topological polar surface area (TPSA) is 30.5 Å². The van der Waals surface area contributed by atoms with Crippen LogP contribution in [0.5, 0.6) is 0 Å². The molecule has 0 aromatic carbocycles. The SMILES string of the molecule is CC(C)OCCOC1(CNC2CC2)CCCCC1. The van der Waals surface area contributed by atoms with Gasteiger partial charge in [0.15, 0.2) is 0 Å². The van der Waals surface area contributed by atoms with Crippen molar-refractivity contribution in [3.8, 4) is 0 Å². The van der Waals surface area contributed by atoms with E-state index in [-0.39, 0.29) is 5.60 Å². The first-order chi connectivity index (χ1) is 8.70. The van der Waals surface area contributed by atoms with E-state index < -0.39 is 0 Å². The number of hydrogen-bond donors (Lipinski definition) is 1. The molecule has 2 rings (SSSR count). The zero-order chi connectivity index (χ0) is 12.8. The Labute approximate surface area is 112 Å². The molecule has 0 atom stereocenters. The molecule has 2 aliphatic carbocycles. The van der Waals surface area contributed by atoms with Crippen molar-refractivity contribution in [3.05, 3.63) is 0 Å². The smallest absolute Gasteiger partial charge is 0.0807 e. The van der Waals surface area contributed by atoms with Crippen LogP contribution >= 0.6 is 0 Å². The van der Waals surface area contributed by atoms with Gasteiger partial charge in [-0.2, -0.15) is 0 Å². The summed E-state index contributed by atoms with van der Waals surface area (Å²) in [5.41, 5.74) is 0.0984. The quantitative estimate of drug-likeness (QED) is 0.677. The average Bonchev–Trinajstić information content (AvgIpc) is 3.18. The van der Waals surface area contributed by atoms with Gasteiger partial charge in [0.2, 0.25) is 0 Å². The molecule has 3 nitrogen and oxygen atoms in total. The second-order valence-electron chi connectivity index (χ2n) is 6.17. The monoisotopic (exact) mass is 255 g/mol. The van der Waals surface area contributed by atoms with Gasteiger partial charge in [-0.3, -0.25) is 0 Å². The molecule has 0 bridgehead atoms. The van der Waals surface area contributed by atoms with E-state index in [4.69, 9.17) is 9.47 Å². The Bertz CT molecular complexity index is 233. The predicted octanol–water partition coefficient (Wildman–Crippen LogP) is 2.88. The highest BCUT2D eigenvalue weighted by Gasteiger charge is 2.34. The fraction of sp³-hybridized carbons (Fsp3) is 1.00. The minimum atomic E-state index is 0.0984. The molecule has 1 N–H and O–H groups in total. The van der Waals surface area contributed by atoms with Crippen molar-refractivity contribution in [1.29, 1.82) is 0 Å². The molecule has 18 heavy (non-hydrogen) atoms. The van der Waals surface area contributed by atoms with Crippen LogP contribution in [0.1, 0.15) is 58.8 Å². The van der Waals surface area contributed by atoms with Crippen LogP contribution in [0, 0.1) is 0 Å². The molecular weight excluding hydrogens is 226 g/mol. The minimum absolute atomic E-state index is 0.0984. The summed E-state index contributed by atoms with van der Waals surface area (Å²) in [6, 6.07) is 0.777. The van der Waals surface area contributed by atoms with Gasteiger partial charge in [-0.1, -0.05) is 19.3 Å². The van der Waals surface area contributed by atoms with Gasteiger partial charge >= 0.3 is 0 Å². The molecule has 0 aromatic rings. The van der Waals surface area contributed by atoms with Crippen molar-refractivity contribution in [3.63, 3.8) is 0 Å². The third-order valence-electron chi connectivity index (χ3n) is 4.00. The zero-order valence-corrected chi connectivity index (χ0v) is 12.0. The average molecular weight is 255 g/mol. The number of hydrogen-bond acceptors (Lipinski definition) is 3. The van der Waals surface area contributed by atoms with E-state index in [0.717, 1.165) is 25.8 Å². The van der Waals surface area contributed by atoms with E-state index in [0.29, 0.717) is 6.10 Å². The predicted molar refractivity (Wildman–Crippen MR) is 73.9 cm³/mol. The van der Waals surface area contributed by atoms with Gasteiger partial charge in [-0.05, 0) is 39.5 Å². The first kappa shape index (κ1) is 14.3. The third kappa shape index (κ3) is 4.87. The van der Waals surface area contributed by atoms with Gasteiger partial charge in [0, 0.05) is 12.6 Å². The van der Waals surface area contributed by atoms with Crippen LogP contribution in [-0.2, 0) is 9.47 Å². The van der Waals surface area contributed by atoms with Gasteiger partial charge in [-0.15, -0.1) is 0 Å². The van der Waals surface area contributed by atoms with Gasteiger partial charge in [0.25, 0.3) is 0 Å². The molecule has 0 aliphatic heterocycles. The van der Waals surface area contributed by atoms with Crippen LogP contribution < -0.4 is 5.32 Å². The first-order valence-corrected chi connectivity index (χ1v) is 7.69. The van der Waals surface area contributed by atoms with E-state index >= 15 is 0 Å². The lowest BCUT2D eigenvalue weighted by atomic mass is 9.84. The zero-order valence-electron chi connectivity index (χ0n) is 12.0. The van der Waals surface area contributed by atoms with Crippen molar-refractivity contribution < 1.29 is 9.47 Å². The lowest BCUT2D eigenvalue weighted by Gasteiger charge is -2.37. The van der Waals surface area contributed by atoms with Crippen LogP contribution in [0.15, 0.2) is 0 Å². The molecule has 2 saturated carbocycles. The number of ether oxygens (including phenoxy) is 2. The highest BCUT2D eigenvalue weighted by Crippen LogP contribution is 2.32. The Morgan fingerprint density at radius 2 is 1.83 bits per heavy atom. The minimum Gasteiger partial charge on any atom is -0.376 e. The summed E-state index contributed by atoms with van der Waals surface area (Å²) in [5.74, 6) is 0. The Kier molecular flexibility index (Phi) is 5.46. The van der Waals surface area contributed by atoms with Crippen LogP contribution in [-0.4, -0.2) is 37.5 Å². The maximum atomic E-state index is 6.21. The maximum Gasteiger partial charge on any atom is 0.0807 e. The van der Waals surface area contributed by atoms with E-state index in [1.165, 1.54) is 44.9 Å². The normalized spacial score (nSPS) is 23.5. The summed E-state index contributed by atoms with van der Waals surface area (Å²) in [5, 5.41) is 3.65. The van der Waals surface area contributed by atoms with Gasteiger partial charge in [0.1, 0.15) is 0 Å². The summed E-state index contributed by atoms with van der Waals surface area (Å²) in [7, 11) is 0. The van der Waals surface area contributed by atoms with E-state index in [9.17, 15) is 0 Å². The highest BCUT2D eigenvalue weighted by atomic mass is 16.5. The van der Waals surface area contributed by atoms with Crippen LogP contribution in [0.3, 0.4) is 0 Å². The van der Waals surface area contributed by atoms with E-state index in [1.807, 2.05) is 0 Å². The Morgan fingerprint density at radius 1 is 1.11 bits per heavy atom. The largest absolute Gasteiger partial charge is 0.376 e. The summed E-state index contributed by atoms with van der Waals surface area (Å²) in [4.78, 5) is 0. The number of nitrogens with one attached hydrogen (secondary N) is 1. The van der Waals surface area contributed by atoms with E-state index in [1.54, 1.807) is 0 Å². The third-order valence-corrected chi connectivity index (χ3v) is 4.00. The summed E-state index contributed by atoms with van der Waals surface area (Å²) >= 11 is 0. The van der Waals surface area contributed by atoms with E-state index in [2.05, 4.69) is 19.2 Å². The summed E-state index contributed by atoms with van der Waals surface area (Å²) in [6.45, 7) is 6.66.